The van der Waals surface area contributed by atoms with E-state index in [0.29, 0.717) is 24.4 Å². The highest BCUT2D eigenvalue weighted by molar-refractivity contribution is 7.53. The smallest absolute Gasteiger partial charge is 0.351 e. The van der Waals surface area contributed by atoms with Crippen LogP contribution in [-0.2, 0) is 18.4 Å². The fourth-order valence-electron chi connectivity index (χ4n) is 4.93. The Balaban J connectivity index is 1.93. The molecule has 7 nitrogen and oxygen atoms in total. The van der Waals surface area contributed by atoms with Crippen LogP contribution in [0.2, 0.25) is 0 Å². The quantitative estimate of drug-likeness (QED) is 0.462. The van der Waals surface area contributed by atoms with E-state index >= 15 is 0 Å². The Bertz CT molecular complexity index is 843. The molecule has 0 saturated heterocycles. The number of hydrogen-bond donors (Lipinski definition) is 2. The van der Waals surface area contributed by atoms with E-state index in [1.54, 1.807) is 38.1 Å². The monoisotopic (exact) mass is 422 g/mol. The molecule has 2 aliphatic rings. The molecule has 3 rings (SSSR count). The van der Waals surface area contributed by atoms with Gasteiger partial charge in [0.25, 0.3) is 0 Å². The number of rotatable bonds is 8. The molecule has 8 heteroatoms. The topological polar surface area (TPSA) is 97.2 Å². The first-order valence-corrected chi connectivity index (χ1v) is 11.9. The van der Waals surface area contributed by atoms with Crippen LogP contribution in [0, 0.1) is 16.7 Å². The van der Waals surface area contributed by atoms with Gasteiger partial charge in [0.15, 0.2) is 0 Å². The van der Waals surface area contributed by atoms with Gasteiger partial charge in [-0.05, 0) is 56.6 Å². The summed E-state index contributed by atoms with van der Waals surface area (Å²) in [5.41, 5.74) is 0.0445. The summed E-state index contributed by atoms with van der Waals surface area (Å²) >= 11 is 0. The number of para-hydroxylation sites is 2. The van der Waals surface area contributed by atoms with Gasteiger partial charge in [0, 0.05) is 5.71 Å². The average molecular weight is 422 g/mol. The first kappa shape index (κ1) is 22.0. The summed E-state index contributed by atoms with van der Waals surface area (Å²) in [6, 6.07) is 6.69. The normalized spacial score (nSPS) is 26.8. The van der Waals surface area contributed by atoms with Crippen molar-refractivity contribution in [2.45, 2.75) is 47.0 Å². The highest BCUT2D eigenvalue weighted by Gasteiger charge is 2.66. The van der Waals surface area contributed by atoms with Crippen LogP contribution < -0.4 is 5.32 Å². The number of phenolic OH excluding ortho intramolecular Hbond substituents is 1. The minimum absolute atomic E-state index is 0.0262. The lowest BCUT2D eigenvalue weighted by Gasteiger charge is -2.37. The summed E-state index contributed by atoms with van der Waals surface area (Å²) in [5, 5.41) is 13.0. The summed E-state index contributed by atoms with van der Waals surface area (Å²) in [4.78, 5) is 18.2. The molecule has 1 amide bonds. The maximum absolute atomic E-state index is 13.5. The fraction of sp³-hybridized carbons (Fsp3) is 0.619. The molecule has 160 valence electrons. The van der Waals surface area contributed by atoms with Crippen molar-refractivity contribution in [3.8, 4) is 5.75 Å². The van der Waals surface area contributed by atoms with Gasteiger partial charge < -0.3 is 19.5 Å². The van der Waals surface area contributed by atoms with Crippen molar-refractivity contribution < 1.29 is 23.5 Å². The molecule has 1 aromatic rings. The second-order valence-electron chi connectivity index (χ2n) is 8.23. The molecule has 1 aromatic carbocycles. The number of carbonyl (C=O) groups is 1. The Morgan fingerprint density at radius 3 is 2.52 bits per heavy atom. The van der Waals surface area contributed by atoms with Gasteiger partial charge in [0.1, 0.15) is 12.0 Å². The molecule has 0 heterocycles. The van der Waals surface area contributed by atoms with Crippen LogP contribution in [0.15, 0.2) is 29.3 Å². The second-order valence-corrected chi connectivity index (χ2v) is 10.3. The minimum atomic E-state index is -3.33. The van der Waals surface area contributed by atoms with Crippen LogP contribution in [0.5, 0.6) is 5.75 Å². The maximum atomic E-state index is 13.5. The number of aliphatic imine (C=N–C) groups is 1. The Hall–Kier alpha value is -1.69. The first-order valence-electron chi connectivity index (χ1n) is 10.2. The summed E-state index contributed by atoms with van der Waals surface area (Å²) in [6.45, 7) is 8.27. The van der Waals surface area contributed by atoms with E-state index < -0.39 is 13.0 Å². The number of anilines is 1. The van der Waals surface area contributed by atoms with Gasteiger partial charge in [-0.3, -0.25) is 14.4 Å². The van der Waals surface area contributed by atoms with E-state index in [4.69, 9.17) is 9.05 Å². The number of nitrogens with zero attached hydrogens (tertiary/aromatic N) is 1. The van der Waals surface area contributed by atoms with Crippen LogP contribution in [-0.4, -0.2) is 36.2 Å². The molecular formula is C21H31N2O5P. The third kappa shape index (κ3) is 3.76. The third-order valence-corrected chi connectivity index (χ3v) is 8.34. The Labute approximate surface area is 172 Å². The number of fused-ring (bicyclic) bond motifs is 2. The van der Waals surface area contributed by atoms with Gasteiger partial charge in [0.2, 0.25) is 5.91 Å². The highest BCUT2D eigenvalue weighted by Crippen LogP contribution is 2.65. The highest BCUT2D eigenvalue weighted by atomic mass is 31.2. The van der Waals surface area contributed by atoms with Gasteiger partial charge in [-0.2, -0.15) is 0 Å². The Kier molecular flexibility index (Phi) is 6.23. The average Bonchev–Trinajstić information content (AvgIpc) is 3.05. The molecule has 0 spiro atoms. The van der Waals surface area contributed by atoms with Crippen molar-refractivity contribution in [1.29, 1.82) is 0 Å². The Morgan fingerprint density at radius 2 is 1.93 bits per heavy atom. The molecule has 2 fully saturated rings. The van der Waals surface area contributed by atoms with Gasteiger partial charge >= 0.3 is 7.60 Å². The van der Waals surface area contributed by atoms with Crippen molar-refractivity contribution >= 4 is 24.9 Å². The van der Waals surface area contributed by atoms with Crippen molar-refractivity contribution in [2.24, 2.45) is 21.7 Å². The minimum Gasteiger partial charge on any atom is -0.506 e. The lowest BCUT2D eigenvalue weighted by atomic mass is 9.68. The summed E-state index contributed by atoms with van der Waals surface area (Å²) in [7, 11) is -3.33. The zero-order valence-electron chi connectivity index (χ0n) is 17.6. The van der Waals surface area contributed by atoms with Gasteiger partial charge in [-0.25, -0.2) is 0 Å². The van der Waals surface area contributed by atoms with Crippen LogP contribution in [0.25, 0.3) is 0 Å². The van der Waals surface area contributed by atoms with Crippen LogP contribution in [0.4, 0.5) is 5.69 Å². The lowest BCUT2D eigenvalue weighted by Crippen LogP contribution is -2.47. The number of carbonyl (C=O) groups excluding carboxylic acids is 1. The summed E-state index contributed by atoms with van der Waals surface area (Å²) in [5.74, 6) is 0.179. The van der Waals surface area contributed by atoms with E-state index in [2.05, 4.69) is 24.2 Å². The van der Waals surface area contributed by atoms with Crippen molar-refractivity contribution in [3.05, 3.63) is 24.3 Å². The largest absolute Gasteiger partial charge is 0.506 e. The van der Waals surface area contributed by atoms with Gasteiger partial charge in [-0.15, -0.1) is 0 Å². The number of benzene rings is 1. The molecule has 0 aliphatic heterocycles. The molecule has 0 radical (unpaired) electrons. The van der Waals surface area contributed by atoms with Crippen molar-refractivity contribution in [2.75, 3.05) is 24.8 Å². The zero-order chi connectivity index (χ0) is 21.3. The maximum Gasteiger partial charge on any atom is 0.351 e. The molecule has 0 aromatic heterocycles. The van der Waals surface area contributed by atoms with E-state index in [-0.39, 0.29) is 36.6 Å². The number of hydrogen-bond acceptors (Lipinski definition) is 6. The SMILES string of the molecule is CCOP(=O)(C/N=C1\C[C@H]2CC[C@]1(C(=O)Nc1ccccc1O)C2(C)C)OCC. The predicted molar refractivity (Wildman–Crippen MR) is 113 cm³/mol. The second kappa shape index (κ2) is 8.21. The van der Waals surface area contributed by atoms with Crippen LogP contribution in [0.1, 0.15) is 47.0 Å². The number of phenols is 1. The first-order chi connectivity index (χ1) is 13.7. The fourth-order valence-corrected chi connectivity index (χ4v) is 6.30. The summed E-state index contributed by atoms with van der Waals surface area (Å²) in [6.07, 6.45) is 2.23. The Morgan fingerprint density at radius 1 is 1.28 bits per heavy atom. The van der Waals surface area contributed by atoms with Crippen LogP contribution in [0.3, 0.4) is 0 Å². The van der Waals surface area contributed by atoms with E-state index in [1.165, 1.54) is 0 Å². The molecule has 2 bridgehead atoms. The lowest BCUT2D eigenvalue weighted by molar-refractivity contribution is -0.125. The van der Waals surface area contributed by atoms with Gasteiger partial charge in [0.05, 0.1) is 24.3 Å². The number of aromatic hydroxyl groups is 1. The van der Waals surface area contributed by atoms with E-state index in [0.717, 1.165) is 12.1 Å². The van der Waals surface area contributed by atoms with Crippen LogP contribution >= 0.6 is 7.60 Å². The number of amides is 1. The van der Waals surface area contributed by atoms with Crippen molar-refractivity contribution in [1.82, 2.24) is 0 Å². The molecule has 0 unspecified atom stereocenters. The summed E-state index contributed by atoms with van der Waals surface area (Å²) < 4.78 is 23.6. The number of nitrogens with one attached hydrogen (secondary N) is 1. The van der Waals surface area contributed by atoms with Crippen molar-refractivity contribution in [3.63, 3.8) is 0 Å². The third-order valence-electron chi connectivity index (χ3n) is 6.55. The molecule has 2 aliphatic carbocycles. The molecule has 29 heavy (non-hydrogen) atoms. The zero-order valence-corrected chi connectivity index (χ0v) is 18.5. The van der Waals surface area contributed by atoms with E-state index in [9.17, 15) is 14.5 Å². The van der Waals surface area contributed by atoms with Gasteiger partial charge in [-0.1, -0.05) is 26.0 Å². The van der Waals surface area contributed by atoms with E-state index in [1.807, 2.05) is 0 Å². The molecular weight excluding hydrogens is 391 g/mol. The molecule has 2 atom stereocenters. The molecule has 2 saturated carbocycles. The standard InChI is InChI=1S/C21H31N2O5P/c1-5-27-29(26,28-6-2)14-22-18-13-15-11-12-21(18,20(15,3)4)19(25)23-16-9-7-8-10-17(16)24/h7-10,15,24H,5-6,11-14H2,1-4H3,(H,23,25)/b22-18+/t15-,21+/m1/s1. The molecule has 2 N–H and O–H groups in total. The predicted octanol–water partition coefficient (Wildman–Crippen LogP) is 4.82.